The minimum Gasteiger partial charge on any atom is -0.493 e. The van der Waals surface area contributed by atoms with Gasteiger partial charge in [-0.15, -0.1) is 0 Å². The summed E-state index contributed by atoms with van der Waals surface area (Å²) in [6.07, 6.45) is 3.60. The Hall–Kier alpha value is -2.57. The van der Waals surface area contributed by atoms with Gasteiger partial charge in [-0.25, -0.2) is 9.67 Å². The second kappa shape index (κ2) is 9.29. The molecule has 2 aromatic rings. The van der Waals surface area contributed by atoms with Crippen LogP contribution in [-0.4, -0.2) is 47.0 Å². The summed E-state index contributed by atoms with van der Waals surface area (Å²) in [4.78, 5) is 8.69. The predicted molar refractivity (Wildman–Crippen MR) is 116 cm³/mol. The highest BCUT2D eigenvalue weighted by atomic mass is 16.5. The fourth-order valence-corrected chi connectivity index (χ4v) is 3.42. The molecule has 0 radical (unpaired) electrons. The third-order valence-electron chi connectivity index (χ3n) is 5.29. The van der Waals surface area contributed by atoms with Crippen LogP contribution in [0.1, 0.15) is 45.5 Å². The van der Waals surface area contributed by atoms with E-state index in [1.807, 2.05) is 11.7 Å². The van der Waals surface area contributed by atoms with E-state index in [0.717, 1.165) is 50.1 Å². The van der Waals surface area contributed by atoms with Crippen molar-refractivity contribution in [1.29, 1.82) is 0 Å². The maximum Gasteiger partial charge on any atom is 0.191 e. The third-order valence-corrected chi connectivity index (χ3v) is 5.29. The Morgan fingerprint density at radius 3 is 2.76 bits per heavy atom. The molecular weight excluding hydrogens is 364 g/mol. The highest BCUT2D eigenvalue weighted by molar-refractivity contribution is 5.80. The normalized spacial score (nSPS) is 17.2. The molecule has 29 heavy (non-hydrogen) atoms. The standard InChI is InChI=1S/C22H34N6O/c1-16(2)13-29-19-9-6-17(7-10-19)22(3,4)14-24-21(23-5)27-18-8-11-20-25-15-26-28(20)12-18/h6-7,9-10,15-16,18H,8,11-14H2,1-5H3,(H2,23,24,27). The molecule has 0 saturated heterocycles. The number of nitrogens with zero attached hydrogens (tertiary/aromatic N) is 4. The minimum absolute atomic E-state index is 0.0418. The molecule has 0 bridgehead atoms. The van der Waals surface area contributed by atoms with Crippen LogP contribution in [0.2, 0.25) is 0 Å². The first-order valence-electron chi connectivity index (χ1n) is 10.4. The summed E-state index contributed by atoms with van der Waals surface area (Å²) in [5, 5.41) is 11.3. The van der Waals surface area contributed by atoms with Crippen LogP contribution < -0.4 is 15.4 Å². The molecule has 0 fully saturated rings. The van der Waals surface area contributed by atoms with Crippen molar-refractivity contribution in [3.63, 3.8) is 0 Å². The SMILES string of the molecule is CN=C(NCC(C)(C)c1ccc(OCC(C)C)cc1)NC1CCc2ncnn2C1. The van der Waals surface area contributed by atoms with Crippen molar-refractivity contribution in [1.82, 2.24) is 25.4 Å². The quantitative estimate of drug-likeness (QED) is 0.554. The number of aryl methyl sites for hydroxylation is 1. The molecule has 0 aliphatic carbocycles. The largest absolute Gasteiger partial charge is 0.493 e. The number of ether oxygens (including phenoxy) is 1. The van der Waals surface area contributed by atoms with Gasteiger partial charge >= 0.3 is 0 Å². The van der Waals surface area contributed by atoms with E-state index in [-0.39, 0.29) is 5.41 Å². The van der Waals surface area contributed by atoms with Crippen LogP contribution in [0.15, 0.2) is 35.6 Å². The summed E-state index contributed by atoms with van der Waals surface area (Å²) >= 11 is 0. The van der Waals surface area contributed by atoms with Crippen LogP contribution in [0.5, 0.6) is 5.75 Å². The number of nitrogens with one attached hydrogen (secondary N) is 2. The second-order valence-corrected chi connectivity index (χ2v) is 8.78. The lowest BCUT2D eigenvalue weighted by Crippen LogP contribution is -2.49. The molecule has 0 spiro atoms. The number of fused-ring (bicyclic) bond motifs is 1. The fraction of sp³-hybridized carbons (Fsp3) is 0.591. The van der Waals surface area contributed by atoms with E-state index in [0.29, 0.717) is 12.0 Å². The van der Waals surface area contributed by atoms with Gasteiger partial charge in [-0.1, -0.05) is 39.8 Å². The van der Waals surface area contributed by atoms with Gasteiger partial charge in [-0.3, -0.25) is 4.99 Å². The zero-order valence-electron chi connectivity index (χ0n) is 18.3. The van der Waals surface area contributed by atoms with Gasteiger partial charge in [-0.2, -0.15) is 5.10 Å². The molecule has 7 heteroatoms. The average Bonchev–Trinajstić information content (AvgIpc) is 3.17. The van der Waals surface area contributed by atoms with E-state index >= 15 is 0 Å². The Balaban J connectivity index is 1.53. The van der Waals surface area contributed by atoms with Gasteiger partial charge in [0.05, 0.1) is 13.2 Å². The maximum absolute atomic E-state index is 5.80. The molecule has 7 nitrogen and oxygen atoms in total. The van der Waals surface area contributed by atoms with E-state index in [2.05, 4.69) is 77.7 Å². The van der Waals surface area contributed by atoms with Crippen LogP contribution in [0, 0.1) is 5.92 Å². The molecule has 1 aromatic heterocycles. The van der Waals surface area contributed by atoms with Crippen molar-refractivity contribution in [2.75, 3.05) is 20.2 Å². The van der Waals surface area contributed by atoms with Gasteiger partial charge in [0, 0.05) is 31.5 Å². The number of hydrogen-bond acceptors (Lipinski definition) is 4. The zero-order valence-corrected chi connectivity index (χ0v) is 18.3. The first-order valence-corrected chi connectivity index (χ1v) is 10.4. The van der Waals surface area contributed by atoms with E-state index in [1.54, 1.807) is 6.33 Å². The maximum atomic E-state index is 5.80. The smallest absolute Gasteiger partial charge is 0.191 e. The Kier molecular flexibility index (Phi) is 6.77. The van der Waals surface area contributed by atoms with Crippen molar-refractivity contribution in [2.45, 2.75) is 58.5 Å². The van der Waals surface area contributed by atoms with Crippen LogP contribution >= 0.6 is 0 Å². The number of benzene rings is 1. The van der Waals surface area contributed by atoms with Crippen molar-refractivity contribution in [3.8, 4) is 5.75 Å². The molecule has 3 rings (SSSR count). The van der Waals surface area contributed by atoms with Gasteiger partial charge in [0.2, 0.25) is 0 Å². The Morgan fingerprint density at radius 2 is 2.07 bits per heavy atom. The van der Waals surface area contributed by atoms with E-state index < -0.39 is 0 Å². The van der Waals surface area contributed by atoms with Gasteiger partial charge in [0.1, 0.15) is 17.9 Å². The summed E-state index contributed by atoms with van der Waals surface area (Å²) < 4.78 is 7.77. The number of guanidine groups is 1. The number of rotatable bonds is 7. The number of aromatic nitrogens is 3. The van der Waals surface area contributed by atoms with Crippen LogP contribution in [0.25, 0.3) is 0 Å². The molecule has 1 atom stereocenters. The highest BCUT2D eigenvalue weighted by Crippen LogP contribution is 2.25. The Bertz CT molecular complexity index is 809. The fourth-order valence-electron chi connectivity index (χ4n) is 3.42. The average molecular weight is 399 g/mol. The summed E-state index contributed by atoms with van der Waals surface area (Å²) in [6.45, 7) is 11.1. The lowest BCUT2D eigenvalue weighted by Gasteiger charge is -2.29. The monoisotopic (exact) mass is 398 g/mol. The molecular formula is C22H34N6O. The van der Waals surface area contributed by atoms with Crippen molar-refractivity contribution in [2.24, 2.45) is 10.9 Å². The second-order valence-electron chi connectivity index (χ2n) is 8.78. The minimum atomic E-state index is -0.0418. The molecule has 0 amide bonds. The number of hydrogen-bond donors (Lipinski definition) is 2. The lowest BCUT2D eigenvalue weighted by atomic mass is 9.84. The highest BCUT2D eigenvalue weighted by Gasteiger charge is 2.23. The molecule has 1 aliphatic heterocycles. The zero-order chi connectivity index (χ0) is 20.9. The summed E-state index contributed by atoms with van der Waals surface area (Å²) in [5.41, 5.74) is 1.22. The van der Waals surface area contributed by atoms with Crippen molar-refractivity contribution in [3.05, 3.63) is 42.0 Å². The van der Waals surface area contributed by atoms with Crippen LogP contribution in [0.3, 0.4) is 0 Å². The van der Waals surface area contributed by atoms with E-state index in [4.69, 9.17) is 4.74 Å². The molecule has 0 saturated carbocycles. The summed E-state index contributed by atoms with van der Waals surface area (Å²) in [7, 11) is 1.81. The first kappa shape index (κ1) is 21.1. The topological polar surface area (TPSA) is 76.4 Å². The molecule has 158 valence electrons. The van der Waals surface area contributed by atoms with Crippen molar-refractivity contribution >= 4 is 5.96 Å². The molecule has 1 unspecified atom stereocenters. The molecule has 1 aliphatic rings. The Morgan fingerprint density at radius 1 is 1.31 bits per heavy atom. The van der Waals surface area contributed by atoms with Crippen molar-refractivity contribution < 1.29 is 4.74 Å². The van der Waals surface area contributed by atoms with Crippen LogP contribution in [-0.2, 0) is 18.4 Å². The number of aliphatic imine (C=N–C) groups is 1. The third kappa shape index (κ3) is 5.71. The predicted octanol–water partition coefficient (Wildman–Crippen LogP) is 2.77. The Labute approximate surface area is 174 Å². The van der Waals surface area contributed by atoms with E-state index in [1.165, 1.54) is 5.56 Å². The van der Waals surface area contributed by atoms with Gasteiger partial charge in [0.15, 0.2) is 5.96 Å². The lowest BCUT2D eigenvalue weighted by molar-refractivity contribution is 0.271. The molecule has 2 heterocycles. The van der Waals surface area contributed by atoms with Gasteiger partial charge in [0.25, 0.3) is 0 Å². The van der Waals surface area contributed by atoms with Gasteiger partial charge in [-0.05, 0) is 30.0 Å². The van der Waals surface area contributed by atoms with Gasteiger partial charge < -0.3 is 15.4 Å². The summed E-state index contributed by atoms with van der Waals surface area (Å²) in [6, 6.07) is 8.73. The summed E-state index contributed by atoms with van der Waals surface area (Å²) in [5.74, 6) is 3.33. The van der Waals surface area contributed by atoms with Crippen LogP contribution in [0.4, 0.5) is 0 Å². The van der Waals surface area contributed by atoms with E-state index in [9.17, 15) is 0 Å². The molecule has 1 aromatic carbocycles. The molecule has 2 N–H and O–H groups in total. The first-order chi connectivity index (χ1) is 13.9.